The van der Waals surface area contributed by atoms with Crippen LogP contribution in [0.4, 0.5) is 0 Å². The number of benzene rings is 2. The van der Waals surface area contributed by atoms with Crippen molar-refractivity contribution in [2.75, 3.05) is 14.2 Å². The summed E-state index contributed by atoms with van der Waals surface area (Å²) in [6, 6.07) is 10.1. The van der Waals surface area contributed by atoms with E-state index in [1.54, 1.807) is 36.4 Å². The van der Waals surface area contributed by atoms with Gasteiger partial charge in [0.2, 0.25) is 0 Å². The Kier molecular flexibility index (Phi) is 11.4. The van der Waals surface area contributed by atoms with Gasteiger partial charge in [0.15, 0.2) is 23.0 Å². The maximum absolute atomic E-state index is 10.9. The molecule has 222 valence electrons. The Balaban J connectivity index is 1.06. The maximum Gasteiger partial charge on any atom is 0.161 e. The number of nitrogens with zero attached hydrogens (tertiary/aromatic N) is 6. The maximum atomic E-state index is 10.9. The molecular weight excluding hydrogens is 540 g/mol. The first-order valence-corrected chi connectivity index (χ1v) is 13.9. The first kappa shape index (κ1) is 30.2. The van der Waals surface area contributed by atoms with Crippen LogP contribution in [-0.4, -0.2) is 56.8 Å². The Morgan fingerprint density at radius 1 is 0.619 bits per heavy atom. The second kappa shape index (κ2) is 15.9. The van der Waals surface area contributed by atoms with Gasteiger partial charge in [-0.25, -0.2) is 0 Å². The van der Waals surface area contributed by atoms with E-state index in [1.807, 2.05) is 21.8 Å². The number of carbonyl (C=O) groups excluding carboxylic acids is 2. The van der Waals surface area contributed by atoms with Crippen LogP contribution in [-0.2, 0) is 26.3 Å². The number of hydrogen-bond donors (Lipinski definition) is 0. The average molecular weight is 577 g/mol. The van der Waals surface area contributed by atoms with Gasteiger partial charge in [0.05, 0.1) is 26.6 Å². The third-order valence-corrected chi connectivity index (χ3v) is 6.60. The summed E-state index contributed by atoms with van der Waals surface area (Å²) in [4.78, 5) is 21.9. The van der Waals surface area contributed by atoms with Gasteiger partial charge in [-0.15, -0.1) is 10.2 Å². The fraction of sp³-hybridized carbons (Fsp3) is 0.400. The van der Waals surface area contributed by atoms with Crippen LogP contribution in [0.1, 0.15) is 70.6 Å². The van der Waals surface area contributed by atoms with E-state index < -0.39 is 0 Å². The van der Waals surface area contributed by atoms with Crippen LogP contribution in [0.25, 0.3) is 0 Å². The van der Waals surface area contributed by atoms with E-state index in [1.165, 1.54) is 14.2 Å². The number of carbonyl (C=O) groups is 2. The van der Waals surface area contributed by atoms with Crippen molar-refractivity contribution in [2.24, 2.45) is 0 Å². The van der Waals surface area contributed by atoms with Crippen LogP contribution >= 0.6 is 0 Å². The number of aldehydes is 2. The lowest BCUT2D eigenvalue weighted by molar-refractivity contribution is 0.111. The van der Waals surface area contributed by atoms with Crippen LogP contribution in [0.3, 0.4) is 0 Å². The molecular formula is C30H36N6O6. The minimum absolute atomic E-state index is 0.266. The van der Waals surface area contributed by atoms with E-state index in [4.69, 9.17) is 18.9 Å². The molecule has 0 spiro atoms. The second-order valence-corrected chi connectivity index (χ2v) is 9.70. The molecule has 0 saturated carbocycles. The Hall–Kier alpha value is -4.74. The Morgan fingerprint density at radius 3 is 1.45 bits per heavy atom. The highest BCUT2D eigenvalue weighted by Gasteiger charge is 2.09. The normalized spacial score (nSPS) is 10.8. The molecule has 4 aromatic rings. The van der Waals surface area contributed by atoms with Gasteiger partial charge >= 0.3 is 0 Å². The Bertz CT molecular complexity index is 1330. The number of unbranched alkanes of at least 4 members (excludes halogenated alkanes) is 5. The summed E-state index contributed by atoms with van der Waals surface area (Å²) in [5.74, 6) is 2.11. The number of hydrogen-bond acceptors (Lipinski definition) is 10. The highest BCUT2D eigenvalue weighted by atomic mass is 16.5. The van der Waals surface area contributed by atoms with E-state index in [9.17, 15) is 9.59 Å². The van der Waals surface area contributed by atoms with E-state index >= 15 is 0 Å². The van der Waals surface area contributed by atoms with Gasteiger partial charge in [0.1, 0.15) is 37.2 Å². The minimum Gasteiger partial charge on any atom is -0.493 e. The summed E-state index contributed by atoms with van der Waals surface area (Å²) in [6.45, 7) is 2.15. The summed E-state index contributed by atoms with van der Waals surface area (Å²) in [6.07, 6.45) is 11.9. The quantitative estimate of drug-likeness (QED) is 0.114. The van der Waals surface area contributed by atoms with E-state index in [-0.39, 0.29) is 13.2 Å². The molecule has 0 aliphatic rings. The fourth-order valence-corrected chi connectivity index (χ4v) is 4.34. The SMILES string of the molecule is COc1cc(C=O)ccc1OCc1cn(CCCCCCCCn2cc(COc3ccc(C=O)cc3OC)nn2)nn1. The standard InChI is InChI=1S/C30H36N6O6/c1-39-29-15-23(19-37)9-11-27(29)41-21-25-17-35(33-31-25)13-7-5-3-4-6-8-14-36-18-26(32-34-36)22-42-28-12-10-24(20-38)16-30(28)40-2/h9-12,15-20H,3-8,13-14,21-22H2,1-2H3. The number of aromatic nitrogens is 6. The highest BCUT2D eigenvalue weighted by molar-refractivity contribution is 5.77. The summed E-state index contributed by atoms with van der Waals surface area (Å²) in [7, 11) is 3.07. The largest absolute Gasteiger partial charge is 0.493 e. The smallest absolute Gasteiger partial charge is 0.161 e. The van der Waals surface area contributed by atoms with Crippen molar-refractivity contribution in [3.63, 3.8) is 0 Å². The molecule has 0 aliphatic carbocycles. The fourth-order valence-electron chi connectivity index (χ4n) is 4.34. The second-order valence-electron chi connectivity index (χ2n) is 9.70. The first-order valence-electron chi connectivity index (χ1n) is 13.9. The molecule has 0 aliphatic heterocycles. The Labute approximate surface area is 244 Å². The predicted octanol–water partition coefficient (Wildman–Crippen LogP) is 4.71. The van der Waals surface area contributed by atoms with Gasteiger partial charge in [0, 0.05) is 24.2 Å². The molecule has 0 radical (unpaired) electrons. The average Bonchev–Trinajstić information content (AvgIpc) is 3.69. The molecule has 4 rings (SSSR count). The van der Waals surface area contributed by atoms with Gasteiger partial charge < -0.3 is 18.9 Å². The third kappa shape index (κ3) is 8.88. The zero-order chi connectivity index (χ0) is 29.6. The number of methoxy groups -OCH3 is 2. The van der Waals surface area contributed by atoms with Crippen LogP contribution in [0.5, 0.6) is 23.0 Å². The monoisotopic (exact) mass is 576 g/mol. The first-order chi connectivity index (χ1) is 20.6. The summed E-state index contributed by atoms with van der Waals surface area (Å²) >= 11 is 0. The topological polar surface area (TPSA) is 132 Å². The highest BCUT2D eigenvalue weighted by Crippen LogP contribution is 2.29. The van der Waals surface area contributed by atoms with Gasteiger partial charge in [-0.1, -0.05) is 36.1 Å². The molecule has 2 aromatic heterocycles. The lowest BCUT2D eigenvalue weighted by atomic mass is 10.1. The van der Waals surface area contributed by atoms with Crippen LogP contribution in [0.15, 0.2) is 48.8 Å². The van der Waals surface area contributed by atoms with Gasteiger partial charge in [-0.2, -0.15) is 0 Å². The van der Waals surface area contributed by atoms with Crippen LogP contribution in [0, 0.1) is 0 Å². The summed E-state index contributed by atoms with van der Waals surface area (Å²) in [5, 5.41) is 16.8. The van der Waals surface area contributed by atoms with Crippen molar-refractivity contribution >= 4 is 12.6 Å². The van der Waals surface area contributed by atoms with Crippen molar-refractivity contribution in [1.82, 2.24) is 30.0 Å². The number of rotatable bonds is 19. The van der Waals surface area contributed by atoms with Crippen LogP contribution < -0.4 is 18.9 Å². The molecule has 12 heteroatoms. The van der Waals surface area contributed by atoms with E-state index in [2.05, 4.69) is 20.6 Å². The Morgan fingerprint density at radius 2 is 1.05 bits per heavy atom. The zero-order valence-corrected chi connectivity index (χ0v) is 24.0. The van der Waals surface area contributed by atoms with Gasteiger partial charge in [0.25, 0.3) is 0 Å². The summed E-state index contributed by atoms with van der Waals surface area (Å²) in [5.41, 5.74) is 2.51. The molecule has 0 N–H and O–H groups in total. The lowest BCUT2D eigenvalue weighted by Crippen LogP contribution is -2.00. The van der Waals surface area contributed by atoms with E-state index in [0.717, 1.165) is 75.6 Å². The number of ether oxygens (including phenoxy) is 4. The minimum atomic E-state index is 0.266. The van der Waals surface area contributed by atoms with Crippen molar-refractivity contribution in [3.05, 3.63) is 71.3 Å². The van der Waals surface area contributed by atoms with E-state index in [0.29, 0.717) is 34.1 Å². The molecule has 42 heavy (non-hydrogen) atoms. The molecule has 0 bridgehead atoms. The summed E-state index contributed by atoms with van der Waals surface area (Å²) < 4.78 is 25.9. The lowest BCUT2D eigenvalue weighted by Gasteiger charge is -2.09. The zero-order valence-electron chi connectivity index (χ0n) is 24.0. The van der Waals surface area contributed by atoms with Crippen molar-refractivity contribution in [3.8, 4) is 23.0 Å². The molecule has 0 saturated heterocycles. The molecule has 0 amide bonds. The van der Waals surface area contributed by atoms with Crippen LogP contribution in [0.2, 0.25) is 0 Å². The van der Waals surface area contributed by atoms with Crippen molar-refractivity contribution in [2.45, 2.75) is 64.8 Å². The molecule has 0 unspecified atom stereocenters. The molecule has 12 nitrogen and oxygen atoms in total. The van der Waals surface area contributed by atoms with Crippen molar-refractivity contribution < 1.29 is 28.5 Å². The molecule has 2 aromatic carbocycles. The molecule has 0 fully saturated rings. The third-order valence-electron chi connectivity index (χ3n) is 6.60. The number of aryl methyl sites for hydroxylation is 2. The predicted molar refractivity (Wildman–Crippen MR) is 153 cm³/mol. The van der Waals surface area contributed by atoms with Gasteiger partial charge in [-0.05, 0) is 49.2 Å². The van der Waals surface area contributed by atoms with Crippen molar-refractivity contribution in [1.29, 1.82) is 0 Å². The van der Waals surface area contributed by atoms with Gasteiger partial charge in [-0.3, -0.25) is 19.0 Å². The molecule has 0 atom stereocenters. The molecule has 2 heterocycles.